The number of methoxy groups -OCH3 is 1. The zero-order valence-corrected chi connectivity index (χ0v) is 13.6. The Labute approximate surface area is 133 Å². The van der Waals surface area contributed by atoms with Gasteiger partial charge in [0.1, 0.15) is 5.75 Å². The molecule has 21 heavy (non-hydrogen) atoms. The highest BCUT2D eigenvalue weighted by Crippen LogP contribution is 2.15. The van der Waals surface area contributed by atoms with Gasteiger partial charge in [-0.3, -0.25) is 10.8 Å². The van der Waals surface area contributed by atoms with E-state index in [4.69, 9.17) is 15.6 Å². The molecule has 110 valence electrons. The van der Waals surface area contributed by atoms with Crippen LogP contribution >= 0.6 is 15.9 Å². The summed E-state index contributed by atoms with van der Waals surface area (Å²) in [4.78, 5) is 0. The zero-order chi connectivity index (χ0) is 15.8. The van der Waals surface area contributed by atoms with E-state index in [1.807, 2.05) is 24.3 Å². The van der Waals surface area contributed by atoms with E-state index in [1.54, 1.807) is 31.4 Å². The average molecular weight is 348 g/mol. The third-order valence-electron chi connectivity index (χ3n) is 2.76. The van der Waals surface area contributed by atoms with Crippen molar-refractivity contribution in [3.8, 4) is 5.75 Å². The molecule has 0 aromatic heterocycles. The molecule has 0 fully saturated rings. The molecule has 2 aromatic carbocycles. The number of benzene rings is 2. The van der Waals surface area contributed by atoms with E-state index in [1.165, 1.54) is 7.05 Å². The first-order chi connectivity index (χ1) is 10.1. The summed E-state index contributed by atoms with van der Waals surface area (Å²) >= 11 is 3.35. The molecular weight excluding hydrogens is 330 g/mol. The van der Waals surface area contributed by atoms with Crippen LogP contribution in [0, 0.1) is 10.8 Å². The second-order valence-electron chi connectivity index (χ2n) is 3.99. The van der Waals surface area contributed by atoms with Crippen LogP contribution in [-0.2, 0) is 0 Å². The van der Waals surface area contributed by atoms with Gasteiger partial charge in [-0.05, 0) is 43.4 Å². The van der Waals surface area contributed by atoms with Gasteiger partial charge >= 0.3 is 0 Å². The molecule has 0 bridgehead atoms. The maximum Gasteiger partial charge on any atom is 0.118 e. The number of hydrogen-bond acceptors (Lipinski definition) is 4. The van der Waals surface area contributed by atoms with E-state index in [0.717, 1.165) is 15.8 Å². The number of rotatable bonds is 4. The number of nitrogens with two attached hydrogens (primary N) is 1. The molecule has 2 aromatic rings. The van der Waals surface area contributed by atoms with Gasteiger partial charge < -0.3 is 10.5 Å². The summed E-state index contributed by atoms with van der Waals surface area (Å²) in [5, 5.41) is 16.1. The molecule has 0 saturated carbocycles. The lowest BCUT2D eigenvalue weighted by molar-refractivity contribution is 0.415. The van der Waals surface area contributed by atoms with E-state index in [-0.39, 0.29) is 11.4 Å². The van der Waals surface area contributed by atoms with E-state index in [2.05, 4.69) is 21.7 Å². The van der Waals surface area contributed by atoms with E-state index < -0.39 is 0 Å². The molecule has 0 aliphatic carbocycles. The van der Waals surface area contributed by atoms with Crippen molar-refractivity contribution in [2.24, 2.45) is 5.73 Å². The second-order valence-corrected chi connectivity index (χ2v) is 4.90. The molecule has 0 radical (unpaired) electrons. The van der Waals surface area contributed by atoms with E-state index in [0.29, 0.717) is 5.56 Å². The van der Waals surface area contributed by atoms with Crippen molar-refractivity contribution in [3.05, 3.63) is 64.1 Å². The molecule has 0 aliphatic heterocycles. The smallest absolute Gasteiger partial charge is 0.118 e. The molecule has 2 rings (SSSR count). The predicted octanol–water partition coefficient (Wildman–Crippen LogP) is 3.47. The first-order valence-corrected chi connectivity index (χ1v) is 7.06. The minimum Gasteiger partial charge on any atom is -0.497 e. The van der Waals surface area contributed by atoms with Gasteiger partial charge in [-0.25, -0.2) is 0 Å². The monoisotopic (exact) mass is 347 g/mol. The molecule has 0 atom stereocenters. The fourth-order valence-electron chi connectivity index (χ4n) is 1.66. The summed E-state index contributed by atoms with van der Waals surface area (Å²) in [5.41, 5.74) is 6.33. The van der Waals surface area contributed by atoms with Gasteiger partial charge in [0.25, 0.3) is 0 Å². The lowest BCUT2D eigenvalue weighted by Gasteiger charge is -2.07. The van der Waals surface area contributed by atoms with Gasteiger partial charge in [0.15, 0.2) is 0 Å². The molecule has 0 saturated heterocycles. The van der Waals surface area contributed by atoms with Gasteiger partial charge in [-0.2, -0.15) is 0 Å². The summed E-state index contributed by atoms with van der Waals surface area (Å²) < 4.78 is 6.04. The number of hydrogen-bond donors (Lipinski definition) is 3. The normalized spacial score (nSPS) is 9.33. The Morgan fingerprint density at radius 2 is 1.24 bits per heavy atom. The first kappa shape index (κ1) is 17.1. The topological polar surface area (TPSA) is 83.0 Å². The number of nitrogens with one attached hydrogen (secondary N) is 2. The standard InChI is InChI=1S/C15H13BrN2O.CH5N/c1-19-13-8-4-11(5-9-13)15(18)14(17)10-2-6-12(16)7-3-10;1-2/h2-9,17-18H,1H3;2H2,1H3. The quantitative estimate of drug-likeness (QED) is 0.740. The molecule has 4 N–H and O–H groups in total. The lowest BCUT2D eigenvalue weighted by Crippen LogP contribution is -2.14. The van der Waals surface area contributed by atoms with Crippen LogP contribution in [0.25, 0.3) is 0 Å². The molecule has 5 heteroatoms. The Balaban J connectivity index is 0.00000106. The molecule has 0 aliphatic rings. The van der Waals surface area contributed by atoms with Crippen LogP contribution in [0.1, 0.15) is 11.1 Å². The van der Waals surface area contributed by atoms with Gasteiger partial charge in [0.2, 0.25) is 0 Å². The summed E-state index contributed by atoms with van der Waals surface area (Å²) in [6.45, 7) is 0. The van der Waals surface area contributed by atoms with E-state index in [9.17, 15) is 0 Å². The van der Waals surface area contributed by atoms with Crippen LogP contribution in [0.3, 0.4) is 0 Å². The van der Waals surface area contributed by atoms with Crippen molar-refractivity contribution in [2.45, 2.75) is 0 Å². The van der Waals surface area contributed by atoms with E-state index >= 15 is 0 Å². The van der Waals surface area contributed by atoms with Crippen LogP contribution in [0.5, 0.6) is 5.75 Å². The molecule has 4 nitrogen and oxygen atoms in total. The largest absolute Gasteiger partial charge is 0.497 e. The van der Waals surface area contributed by atoms with Crippen molar-refractivity contribution in [2.75, 3.05) is 14.2 Å². The summed E-state index contributed by atoms with van der Waals surface area (Å²) in [6, 6.07) is 14.5. The molecule has 0 amide bonds. The number of halogens is 1. The third-order valence-corrected chi connectivity index (χ3v) is 3.29. The maximum atomic E-state index is 8.08. The Bertz CT molecular complexity index is 606. The minimum absolute atomic E-state index is 0.199. The van der Waals surface area contributed by atoms with Crippen LogP contribution in [0.4, 0.5) is 0 Å². The Hall–Kier alpha value is -1.98. The SMILES string of the molecule is CN.COc1ccc(C(=N)C(=N)c2ccc(Br)cc2)cc1. The third kappa shape index (κ3) is 4.51. The van der Waals surface area contributed by atoms with Crippen molar-refractivity contribution in [1.82, 2.24) is 0 Å². The lowest BCUT2D eigenvalue weighted by atomic mass is 10.00. The predicted molar refractivity (Wildman–Crippen MR) is 90.9 cm³/mol. The Kier molecular flexibility index (Phi) is 6.78. The Morgan fingerprint density at radius 1 is 0.857 bits per heavy atom. The van der Waals surface area contributed by atoms with Crippen LogP contribution in [0.15, 0.2) is 53.0 Å². The Morgan fingerprint density at radius 3 is 1.62 bits per heavy atom. The van der Waals surface area contributed by atoms with Crippen molar-refractivity contribution in [1.29, 1.82) is 10.8 Å². The summed E-state index contributed by atoms with van der Waals surface area (Å²) in [5.74, 6) is 0.742. The van der Waals surface area contributed by atoms with Crippen molar-refractivity contribution in [3.63, 3.8) is 0 Å². The molecule has 0 spiro atoms. The zero-order valence-electron chi connectivity index (χ0n) is 12.0. The number of ether oxygens (including phenoxy) is 1. The molecular formula is C16H18BrN3O. The maximum absolute atomic E-state index is 8.08. The van der Waals surface area contributed by atoms with Gasteiger partial charge in [0.05, 0.1) is 18.5 Å². The average Bonchev–Trinajstić information content (AvgIpc) is 2.56. The first-order valence-electron chi connectivity index (χ1n) is 6.27. The van der Waals surface area contributed by atoms with Crippen LogP contribution in [0.2, 0.25) is 0 Å². The fourth-order valence-corrected chi connectivity index (χ4v) is 1.93. The minimum atomic E-state index is 0.199. The van der Waals surface area contributed by atoms with Gasteiger partial charge in [0, 0.05) is 15.6 Å². The van der Waals surface area contributed by atoms with Crippen molar-refractivity contribution >= 4 is 27.4 Å². The van der Waals surface area contributed by atoms with Crippen LogP contribution in [-0.4, -0.2) is 25.6 Å². The molecule has 0 heterocycles. The molecule has 0 unspecified atom stereocenters. The highest BCUT2D eigenvalue weighted by molar-refractivity contribution is 9.10. The highest BCUT2D eigenvalue weighted by atomic mass is 79.9. The van der Waals surface area contributed by atoms with Crippen molar-refractivity contribution < 1.29 is 4.74 Å². The second kappa shape index (κ2) is 8.34. The van der Waals surface area contributed by atoms with Gasteiger partial charge in [-0.1, -0.05) is 28.1 Å². The fraction of sp³-hybridized carbons (Fsp3) is 0.125. The summed E-state index contributed by atoms with van der Waals surface area (Å²) in [6.07, 6.45) is 0. The summed E-state index contributed by atoms with van der Waals surface area (Å²) in [7, 11) is 3.10. The highest BCUT2D eigenvalue weighted by Gasteiger charge is 2.10. The van der Waals surface area contributed by atoms with Crippen LogP contribution < -0.4 is 10.5 Å². The van der Waals surface area contributed by atoms with Gasteiger partial charge in [-0.15, -0.1) is 0 Å².